The molecular formula is C5H15BBr3. The van der Waals surface area contributed by atoms with Gasteiger partial charge < -0.3 is 0 Å². The molecule has 0 aromatic rings. The molecule has 0 aliphatic heterocycles. The molecule has 9 heavy (non-hydrogen) atoms. The maximum atomic E-state index is 2.21. The van der Waals surface area contributed by atoms with Crippen LogP contribution in [0, 0.1) is 0 Å². The largest absolute Gasteiger partial charge is 0.114 e. The number of rotatable bonds is 2. The van der Waals surface area contributed by atoms with Crippen molar-refractivity contribution in [2.75, 3.05) is 0 Å². The first kappa shape index (κ1) is 31.3. The number of halogens is 3. The summed E-state index contributed by atoms with van der Waals surface area (Å²) in [5, 5.41) is 0. The van der Waals surface area contributed by atoms with Crippen molar-refractivity contribution in [1.29, 1.82) is 0 Å². The van der Waals surface area contributed by atoms with Crippen LogP contribution < -0.4 is 0 Å². The summed E-state index contributed by atoms with van der Waals surface area (Å²) in [5.41, 5.74) is 0. The minimum absolute atomic E-state index is 0. The van der Waals surface area contributed by atoms with E-state index in [0.717, 1.165) is 0 Å². The van der Waals surface area contributed by atoms with E-state index < -0.39 is 0 Å². The number of unbranched alkanes of at least 4 members (excludes halogenated alkanes) is 2. The second-order valence-electron chi connectivity index (χ2n) is 1.35. The topological polar surface area (TPSA) is 0 Å². The number of hydrogen-bond acceptors (Lipinski definition) is 0. The van der Waals surface area contributed by atoms with E-state index in [9.17, 15) is 0 Å². The maximum absolute atomic E-state index is 2.21. The molecule has 0 N–H and O–H groups in total. The van der Waals surface area contributed by atoms with Gasteiger partial charge in [-0.2, -0.15) is 0 Å². The van der Waals surface area contributed by atoms with Crippen molar-refractivity contribution in [2.24, 2.45) is 0 Å². The van der Waals surface area contributed by atoms with Crippen molar-refractivity contribution >= 4 is 59.4 Å². The Hall–Kier alpha value is 1.50. The van der Waals surface area contributed by atoms with Crippen LogP contribution in [0.1, 0.15) is 33.1 Å². The van der Waals surface area contributed by atoms with E-state index in [1.54, 1.807) is 0 Å². The summed E-state index contributed by atoms with van der Waals surface area (Å²) >= 11 is 0. The van der Waals surface area contributed by atoms with Gasteiger partial charge in [-0.05, 0) is 0 Å². The highest BCUT2D eigenvalue weighted by molar-refractivity contribution is 8.93. The van der Waals surface area contributed by atoms with Gasteiger partial charge in [-0.25, -0.2) is 0 Å². The van der Waals surface area contributed by atoms with Crippen molar-refractivity contribution in [2.45, 2.75) is 33.1 Å². The molecule has 0 rings (SSSR count). The fraction of sp³-hybridized carbons (Fsp3) is 1.00. The van der Waals surface area contributed by atoms with Crippen LogP contribution >= 0.6 is 50.9 Å². The number of hydrogen-bond donors (Lipinski definition) is 0. The van der Waals surface area contributed by atoms with Crippen molar-refractivity contribution in [3.63, 3.8) is 0 Å². The van der Waals surface area contributed by atoms with Crippen LogP contribution in [0.3, 0.4) is 0 Å². The molecule has 0 saturated heterocycles. The highest BCUT2D eigenvalue weighted by atomic mass is 79.9. The third-order valence-electron chi connectivity index (χ3n) is 0.707. The van der Waals surface area contributed by atoms with E-state index in [4.69, 9.17) is 0 Å². The van der Waals surface area contributed by atoms with Gasteiger partial charge in [-0.15, -0.1) is 50.9 Å². The normalized spacial score (nSPS) is 4.67. The lowest BCUT2D eigenvalue weighted by Gasteiger charge is -1.79. The maximum Gasteiger partial charge on any atom is 0 e. The molecule has 0 unspecified atom stereocenters. The molecule has 0 aliphatic rings. The summed E-state index contributed by atoms with van der Waals surface area (Å²) in [6.45, 7) is 4.42. The van der Waals surface area contributed by atoms with Gasteiger partial charge in [0.05, 0.1) is 0 Å². The summed E-state index contributed by atoms with van der Waals surface area (Å²) in [6, 6.07) is 0. The first-order valence-corrected chi connectivity index (χ1v) is 2.41. The minimum atomic E-state index is 0. The molecular weight excluding hydrogens is 311 g/mol. The Morgan fingerprint density at radius 3 is 1.00 bits per heavy atom. The third kappa shape index (κ3) is 43.6. The van der Waals surface area contributed by atoms with Crippen LogP contribution in [0.25, 0.3) is 0 Å². The Morgan fingerprint density at radius 1 is 0.778 bits per heavy atom. The molecule has 0 saturated carbocycles. The highest BCUT2D eigenvalue weighted by Crippen LogP contribution is 1.88. The van der Waals surface area contributed by atoms with Crippen LogP contribution in [-0.2, 0) is 0 Å². The van der Waals surface area contributed by atoms with Crippen LogP contribution in [-0.4, -0.2) is 8.41 Å². The van der Waals surface area contributed by atoms with Crippen molar-refractivity contribution in [1.82, 2.24) is 0 Å². The predicted octanol–water partition coefficient (Wildman–Crippen LogP) is 3.55. The van der Waals surface area contributed by atoms with Crippen molar-refractivity contribution in [3.05, 3.63) is 0 Å². The Balaban J connectivity index is -0.0000000133. The molecule has 0 amide bonds. The van der Waals surface area contributed by atoms with Crippen LogP contribution in [0.4, 0.5) is 0 Å². The molecule has 4 heteroatoms. The van der Waals surface area contributed by atoms with Crippen LogP contribution in [0.15, 0.2) is 0 Å². The Kier molecular flexibility index (Phi) is 118. The molecule has 0 atom stereocenters. The van der Waals surface area contributed by atoms with Gasteiger partial charge in [0.15, 0.2) is 0 Å². The zero-order valence-electron chi connectivity index (χ0n) is 5.92. The first-order chi connectivity index (χ1) is 2.41. The SMILES string of the molecule is Br.Br.Br.CCCCC.[B]. The molecule has 0 aromatic carbocycles. The summed E-state index contributed by atoms with van der Waals surface area (Å²) in [6.07, 6.45) is 4.08. The first-order valence-electron chi connectivity index (χ1n) is 2.41. The molecule has 0 aliphatic carbocycles. The standard InChI is InChI=1S/C5H12.B.3BrH/c1-3-5-4-2;;;;/h3-5H2,1-2H3;;3*1H. The van der Waals surface area contributed by atoms with Crippen molar-refractivity contribution < 1.29 is 0 Å². The van der Waals surface area contributed by atoms with E-state index in [-0.39, 0.29) is 59.4 Å². The summed E-state index contributed by atoms with van der Waals surface area (Å²) in [7, 11) is 0. The molecule has 0 bridgehead atoms. The second kappa shape index (κ2) is 33.9. The molecule has 0 spiro atoms. The van der Waals surface area contributed by atoms with Crippen LogP contribution in [0.5, 0.6) is 0 Å². The fourth-order valence-corrected chi connectivity index (χ4v) is 0.354. The molecule has 59 valence electrons. The van der Waals surface area contributed by atoms with E-state index in [2.05, 4.69) is 13.8 Å². The van der Waals surface area contributed by atoms with Gasteiger partial charge in [0.25, 0.3) is 0 Å². The average molecular weight is 326 g/mol. The van der Waals surface area contributed by atoms with Gasteiger partial charge in [0, 0.05) is 8.41 Å². The van der Waals surface area contributed by atoms with Gasteiger partial charge in [0.1, 0.15) is 0 Å². The summed E-state index contributed by atoms with van der Waals surface area (Å²) < 4.78 is 0. The molecule has 0 heterocycles. The Bertz CT molecular complexity index is 19.7. The zero-order chi connectivity index (χ0) is 4.12. The Morgan fingerprint density at radius 2 is 1.00 bits per heavy atom. The summed E-state index contributed by atoms with van der Waals surface area (Å²) in [4.78, 5) is 0. The third-order valence-corrected chi connectivity index (χ3v) is 0.707. The van der Waals surface area contributed by atoms with Gasteiger partial charge >= 0.3 is 0 Å². The molecule has 0 aromatic heterocycles. The van der Waals surface area contributed by atoms with E-state index in [0.29, 0.717) is 0 Å². The van der Waals surface area contributed by atoms with Crippen molar-refractivity contribution in [3.8, 4) is 0 Å². The minimum Gasteiger partial charge on any atom is -0.114 e. The van der Waals surface area contributed by atoms with Gasteiger partial charge in [-0.3, -0.25) is 0 Å². The molecule has 0 fully saturated rings. The molecule has 3 radical (unpaired) electrons. The molecule has 0 nitrogen and oxygen atoms in total. The lowest BCUT2D eigenvalue weighted by Crippen LogP contribution is -1.59. The smallest absolute Gasteiger partial charge is 0 e. The lowest BCUT2D eigenvalue weighted by molar-refractivity contribution is 0.772. The van der Waals surface area contributed by atoms with Crippen LogP contribution in [0.2, 0.25) is 0 Å². The fourth-order valence-electron chi connectivity index (χ4n) is 0.354. The second-order valence-corrected chi connectivity index (χ2v) is 1.35. The van der Waals surface area contributed by atoms with E-state index in [1.165, 1.54) is 19.3 Å². The average Bonchev–Trinajstić information content (AvgIpc) is 1.41. The van der Waals surface area contributed by atoms with E-state index >= 15 is 0 Å². The lowest BCUT2D eigenvalue weighted by atomic mass is 10.3. The quantitative estimate of drug-likeness (QED) is 0.681. The highest BCUT2D eigenvalue weighted by Gasteiger charge is 1.68. The predicted molar refractivity (Wildman–Crippen MR) is 61.9 cm³/mol. The van der Waals surface area contributed by atoms with E-state index in [1.807, 2.05) is 0 Å². The van der Waals surface area contributed by atoms with Gasteiger partial charge in [0.2, 0.25) is 0 Å². The monoisotopic (exact) mass is 323 g/mol. The van der Waals surface area contributed by atoms with Gasteiger partial charge in [-0.1, -0.05) is 33.1 Å². The Labute approximate surface area is 92.1 Å². The zero-order valence-corrected chi connectivity index (χ0v) is 11.1. The summed E-state index contributed by atoms with van der Waals surface area (Å²) in [5.74, 6) is 0.